The van der Waals surface area contributed by atoms with Crippen LogP contribution in [0.4, 0.5) is 19.0 Å². The molecule has 0 amide bonds. The second-order valence-electron chi connectivity index (χ2n) is 7.08. The number of rotatable bonds is 5. The molecule has 28 heavy (non-hydrogen) atoms. The summed E-state index contributed by atoms with van der Waals surface area (Å²) in [5.41, 5.74) is 3.19. The second kappa shape index (κ2) is 6.96. The first-order chi connectivity index (χ1) is 13.3. The Bertz CT molecular complexity index is 1020. The largest absolute Gasteiger partial charge is 0.389 e. The molecule has 0 aliphatic carbocycles. The van der Waals surface area contributed by atoms with Crippen LogP contribution in [-0.2, 0) is 20.0 Å². The fourth-order valence-electron chi connectivity index (χ4n) is 3.85. The number of hydrogen-bond donors (Lipinski definition) is 1. The number of nitrogens with one attached hydrogen (secondary N) is 1. The van der Waals surface area contributed by atoms with Gasteiger partial charge in [0, 0.05) is 68.6 Å². The van der Waals surface area contributed by atoms with Crippen LogP contribution in [0.2, 0.25) is 0 Å². The zero-order valence-electron chi connectivity index (χ0n) is 15.4. The van der Waals surface area contributed by atoms with Crippen molar-refractivity contribution in [1.82, 2.24) is 19.5 Å². The van der Waals surface area contributed by atoms with Crippen molar-refractivity contribution in [3.63, 3.8) is 0 Å². The number of nitrogens with zero attached hydrogens (tertiary/aromatic N) is 4. The van der Waals surface area contributed by atoms with Gasteiger partial charge in [0.1, 0.15) is 17.8 Å². The SMILES string of the molecule is Cn1cc(C(=O)CCCC(F)(F)F)c2c1CCN(c1ncnc3[nH]ccc13)C2. The number of aromatic amines is 1. The van der Waals surface area contributed by atoms with Crippen molar-refractivity contribution in [1.29, 1.82) is 0 Å². The van der Waals surface area contributed by atoms with Crippen molar-refractivity contribution in [3.05, 3.63) is 41.6 Å². The second-order valence-corrected chi connectivity index (χ2v) is 7.08. The first-order valence-electron chi connectivity index (χ1n) is 9.13. The van der Waals surface area contributed by atoms with E-state index in [1.54, 1.807) is 12.4 Å². The highest BCUT2D eigenvalue weighted by Crippen LogP contribution is 2.31. The van der Waals surface area contributed by atoms with Crippen LogP contribution in [0.5, 0.6) is 0 Å². The van der Waals surface area contributed by atoms with Crippen LogP contribution in [0.25, 0.3) is 11.0 Å². The van der Waals surface area contributed by atoms with Gasteiger partial charge in [-0.3, -0.25) is 4.79 Å². The lowest BCUT2D eigenvalue weighted by atomic mass is 9.99. The van der Waals surface area contributed by atoms with Gasteiger partial charge in [-0.25, -0.2) is 9.97 Å². The summed E-state index contributed by atoms with van der Waals surface area (Å²) in [6.45, 7) is 1.23. The van der Waals surface area contributed by atoms with Gasteiger partial charge in [0.15, 0.2) is 5.78 Å². The Kier molecular flexibility index (Phi) is 4.60. The molecule has 3 aromatic heterocycles. The molecule has 6 nitrogen and oxygen atoms in total. The van der Waals surface area contributed by atoms with Crippen LogP contribution in [0.1, 0.15) is 40.9 Å². The fourth-order valence-corrected chi connectivity index (χ4v) is 3.85. The van der Waals surface area contributed by atoms with E-state index in [-0.39, 0.29) is 18.6 Å². The molecule has 0 spiro atoms. The Hall–Kier alpha value is -2.84. The summed E-state index contributed by atoms with van der Waals surface area (Å²) in [4.78, 5) is 26.4. The molecule has 148 valence electrons. The van der Waals surface area contributed by atoms with Crippen molar-refractivity contribution in [2.75, 3.05) is 11.4 Å². The van der Waals surface area contributed by atoms with Gasteiger partial charge in [-0.2, -0.15) is 13.2 Å². The standard InChI is InChI=1S/C19H20F3N5O/c1-26-9-14(16(28)3-2-6-19(20,21)22)13-10-27(8-5-15(13)26)18-12-4-7-23-17(12)24-11-25-18/h4,7,9,11H,2-3,5-6,8,10H2,1H3,(H,23,24,25). The van der Waals surface area contributed by atoms with E-state index in [2.05, 4.69) is 19.9 Å². The van der Waals surface area contributed by atoms with E-state index in [9.17, 15) is 18.0 Å². The van der Waals surface area contributed by atoms with Gasteiger partial charge < -0.3 is 14.5 Å². The van der Waals surface area contributed by atoms with Gasteiger partial charge in [0.25, 0.3) is 0 Å². The van der Waals surface area contributed by atoms with Gasteiger partial charge in [0.05, 0.1) is 5.39 Å². The van der Waals surface area contributed by atoms with E-state index in [1.807, 2.05) is 17.7 Å². The third-order valence-electron chi connectivity index (χ3n) is 5.19. The molecule has 0 aromatic carbocycles. The molecule has 9 heteroatoms. The number of Topliss-reactive ketones (excluding diaryl/α,β-unsaturated/α-hetero) is 1. The van der Waals surface area contributed by atoms with Crippen LogP contribution >= 0.6 is 0 Å². The molecular weight excluding hydrogens is 371 g/mol. The minimum Gasteiger partial charge on any atom is -0.353 e. The summed E-state index contributed by atoms with van der Waals surface area (Å²) >= 11 is 0. The van der Waals surface area contributed by atoms with Crippen molar-refractivity contribution >= 4 is 22.6 Å². The summed E-state index contributed by atoms with van der Waals surface area (Å²) in [6.07, 6.45) is 0.313. The zero-order valence-corrected chi connectivity index (χ0v) is 15.4. The quantitative estimate of drug-likeness (QED) is 0.673. The van der Waals surface area contributed by atoms with E-state index < -0.39 is 12.6 Å². The number of carbonyl (C=O) groups is 1. The predicted molar refractivity (Wildman–Crippen MR) is 98.3 cm³/mol. The molecular formula is C19H20F3N5O. The van der Waals surface area contributed by atoms with Gasteiger partial charge in [-0.15, -0.1) is 0 Å². The average Bonchev–Trinajstić information content (AvgIpc) is 3.25. The molecule has 0 unspecified atom stereocenters. The number of H-pyrrole nitrogens is 1. The van der Waals surface area contributed by atoms with Crippen molar-refractivity contribution in [2.45, 2.75) is 38.4 Å². The average molecular weight is 391 g/mol. The highest BCUT2D eigenvalue weighted by Gasteiger charge is 2.29. The number of fused-ring (bicyclic) bond motifs is 2. The lowest BCUT2D eigenvalue weighted by molar-refractivity contribution is -0.135. The van der Waals surface area contributed by atoms with Crippen molar-refractivity contribution in [3.8, 4) is 0 Å². The lowest BCUT2D eigenvalue weighted by Crippen LogP contribution is -2.32. The summed E-state index contributed by atoms with van der Waals surface area (Å²) < 4.78 is 39.1. The summed E-state index contributed by atoms with van der Waals surface area (Å²) in [7, 11) is 1.87. The predicted octanol–water partition coefficient (Wildman–Crippen LogP) is 3.77. The molecule has 0 atom stereocenters. The number of carbonyl (C=O) groups excluding carboxylic acids is 1. The summed E-state index contributed by atoms with van der Waals surface area (Å²) in [6, 6.07) is 1.91. The molecule has 1 aliphatic rings. The number of aromatic nitrogens is 4. The van der Waals surface area contributed by atoms with Crippen LogP contribution in [0.15, 0.2) is 24.8 Å². The van der Waals surface area contributed by atoms with Gasteiger partial charge >= 0.3 is 6.18 Å². The first kappa shape index (κ1) is 18.5. The zero-order chi connectivity index (χ0) is 19.9. The molecule has 0 radical (unpaired) electrons. The van der Waals surface area contributed by atoms with Crippen molar-refractivity contribution < 1.29 is 18.0 Å². The van der Waals surface area contributed by atoms with Gasteiger partial charge in [0.2, 0.25) is 0 Å². The Morgan fingerprint density at radius 1 is 1.32 bits per heavy atom. The molecule has 4 rings (SSSR count). The molecule has 3 aromatic rings. The number of ketones is 1. The van der Waals surface area contributed by atoms with E-state index in [1.165, 1.54) is 6.33 Å². The minimum absolute atomic E-state index is 0.106. The van der Waals surface area contributed by atoms with E-state index in [0.29, 0.717) is 12.1 Å². The Morgan fingerprint density at radius 2 is 2.14 bits per heavy atom. The van der Waals surface area contributed by atoms with Crippen LogP contribution in [0, 0.1) is 0 Å². The van der Waals surface area contributed by atoms with Gasteiger partial charge in [-0.1, -0.05) is 0 Å². The van der Waals surface area contributed by atoms with E-state index in [4.69, 9.17) is 0 Å². The van der Waals surface area contributed by atoms with E-state index >= 15 is 0 Å². The fraction of sp³-hybridized carbons (Fsp3) is 0.421. The monoisotopic (exact) mass is 391 g/mol. The molecule has 0 saturated heterocycles. The minimum atomic E-state index is -4.23. The molecule has 4 heterocycles. The third kappa shape index (κ3) is 3.48. The van der Waals surface area contributed by atoms with Crippen molar-refractivity contribution in [2.24, 2.45) is 7.05 Å². The molecule has 0 bridgehead atoms. The number of aryl methyl sites for hydroxylation is 1. The number of anilines is 1. The van der Waals surface area contributed by atoms with Gasteiger partial charge in [-0.05, 0) is 12.5 Å². The van der Waals surface area contributed by atoms with E-state index in [0.717, 1.165) is 41.1 Å². The van der Waals surface area contributed by atoms with Crippen LogP contribution in [-0.4, -0.2) is 38.0 Å². The molecule has 1 aliphatic heterocycles. The normalized spacial score (nSPS) is 14.5. The molecule has 1 N–H and O–H groups in total. The summed E-state index contributed by atoms with van der Waals surface area (Å²) in [5.74, 6) is 0.550. The number of hydrogen-bond acceptors (Lipinski definition) is 4. The highest BCUT2D eigenvalue weighted by atomic mass is 19.4. The smallest absolute Gasteiger partial charge is 0.353 e. The van der Waals surface area contributed by atoms with Crippen LogP contribution < -0.4 is 4.90 Å². The Labute approximate surface area is 159 Å². The highest BCUT2D eigenvalue weighted by molar-refractivity contribution is 5.98. The topological polar surface area (TPSA) is 66.8 Å². The first-order valence-corrected chi connectivity index (χ1v) is 9.13. The number of halogens is 3. The maximum atomic E-state index is 12.6. The molecule has 0 saturated carbocycles. The molecule has 0 fully saturated rings. The third-order valence-corrected chi connectivity index (χ3v) is 5.19. The lowest BCUT2D eigenvalue weighted by Gasteiger charge is -2.29. The number of alkyl halides is 3. The maximum absolute atomic E-state index is 12.6. The Morgan fingerprint density at radius 3 is 2.93 bits per heavy atom. The van der Waals surface area contributed by atoms with Crippen LogP contribution in [0.3, 0.4) is 0 Å². The Balaban J connectivity index is 1.58. The summed E-state index contributed by atoms with van der Waals surface area (Å²) in [5, 5.41) is 0.903. The maximum Gasteiger partial charge on any atom is 0.389 e.